The summed E-state index contributed by atoms with van der Waals surface area (Å²) < 4.78 is 60.4. The van der Waals surface area contributed by atoms with Crippen LogP contribution >= 0.6 is 35.0 Å². The minimum Gasteiger partial charge on any atom is -0.494 e. The third-order valence-corrected chi connectivity index (χ3v) is 9.72. The van der Waals surface area contributed by atoms with Crippen LogP contribution in [0.2, 0.25) is 10.0 Å². The molecule has 0 aliphatic rings. The summed E-state index contributed by atoms with van der Waals surface area (Å²) in [6.45, 7) is 6.13. The second-order valence-corrected chi connectivity index (χ2v) is 13.6. The molecule has 14 heteroatoms. The van der Waals surface area contributed by atoms with E-state index in [4.69, 9.17) is 33.1 Å². The summed E-state index contributed by atoms with van der Waals surface area (Å²) in [5.41, 5.74) is 1.25. The summed E-state index contributed by atoms with van der Waals surface area (Å²) in [6.07, 6.45) is 2.36. The van der Waals surface area contributed by atoms with Crippen molar-refractivity contribution in [1.29, 1.82) is 0 Å². The predicted octanol–water partition coefficient (Wildman–Crippen LogP) is 6.87. The average Bonchev–Trinajstić information content (AvgIpc) is 3.39. The number of methoxy groups -OCH3 is 1. The van der Waals surface area contributed by atoms with Gasteiger partial charge in [-0.25, -0.2) is 27.3 Å². The molecule has 0 saturated carbocycles. The van der Waals surface area contributed by atoms with E-state index in [9.17, 15) is 17.6 Å². The summed E-state index contributed by atoms with van der Waals surface area (Å²) in [6, 6.07) is 11.4. The number of benzene rings is 3. The summed E-state index contributed by atoms with van der Waals surface area (Å²) in [5, 5.41) is 8.46. The highest BCUT2D eigenvalue weighted by atomic mass is 35.5. The zero-order chi connectivity index (χ0) is 32.4. The fourth-order valence-corrected chi connectivity index (χ4v) is 7.00. The van der Waals surface area contributed by atoms with Gasteiger partial charge in [-0.2, -0.15) is 0 Å². The Morgan fingerprint density at radius 3 is 2.43 bits per heavy atom. The molecule has 0 aliphatic carbocycles. The fraction of sp³-hybridized carbons (Fsp3) is 0.267. The second kappa shape index (κ2) is 13.5. The lowest BCUT2D eigenvalue weighted by Crippen LogP contribution is -2.24. The fourth-order valence-electron chi connectivity index (χ4n) is 4.53. The summed E-state index contributed by atoms with van der Waals surface area (Å²) in [7, 11) is -2.69. The van der Waals surface area contributed by atoms with Gasteiger partial charge in [-0.3, -0.25) is 9.36 Å². The van der Waals surface area contributed by atoms with Crippen molar-refractivity contribution < 1.29 is 26.7 Å². The molecule has 0 bridgehead atoms. The van der Waals surface area contributed by atoms with Crippen LogP contribution in [0.3, 0.4) is 0 Å². The maximum atomic E-state index is 15.2. The molecule has 4 rings (SSSR count). The number of hydrogen-bond donors (Lipinski definition) is 2. The van der Waals surface area contributed by atoms with E-state index in [1.165, 1.54) is 49.2 Å². The minimum atomic E-state index is -4.04. The molecule has 0 radical (unpaired) electrons. The Morgan fingerprint density at radius 2 is 1.82 bits per heavy atom. The summed E-state index contributed by atoms with van der Waals surface area (Å²) in [5.74, 6) is -1.56. The molecule has 4 aromatic rings. The topological polar surface area (TPSA) is 116 Å². The number of primary sulfonamides is 1. The van der Waals surface area contributed by atoms with E-state index in [-0.39, 0.29) is 37.6 Å². The number of rotatable bonds is 11. The molecule has 1 amide bonds. The molecule has 3 aromatic carbocycles. The Balaban J connectivity index is 1.78. The van der Waals surface area contributed by atoms with E-state index in [0.29, 0.717) is 28.6 Å². The number of nitrogens with zero attached hydrogens (tertiary/aromatic N) is 2. The number of thioether (sulfide) groups is 1. The SMILES string of the molecule is CCCNC(=O)c1cc(F)c(CSc2ncc(C(C)(C)c3ccc(S(N)(=O)=O)c(Cl)c3)n2-c2ccc(F)c(OC)c2)c(Cl)c1. The zero-order valence-corrected chi connectivity index (χ0v) is 27.4. The lowest BCUT2D eigenvalue weighted by atomic mass is 9.81. The van der Waals surface area contributed by atoms with Gasteiger partial charge in [-0.15, -0.1) is 0 Å². The van der Waals surface area contributed by atoms with Gasteiger partial charge < -0.3 is 10.1 Å². The van der Waals surface area contributed by atoms with Crippen LogP contribution in [0.25, 0.3) is 5.69 Å². The van der Waals surface area contributed by atoms with E-state index in [1.807, 2.05) is 20.8 Å². The minimum absolute atomic E-state index is 0.00230. The smallest absolute Gasteiger partial charge is 0.251 e. The molecule has 234 valence electrons. The van der Waals surface area contributed by atoms with Crippen LogP contribution in [0.15, 0.2) is 64.8 Å². The van der Waals surface area contributed by atoms with Crippen LogP contribution in [-0.4, -0.2) is 37.5 Å². The lowest BCUT2D eigenvalue weighted by Gasteiger charge is -2.28. The van der Waals surface area contributed by atoms with E-state index in [2.05, 4.69) is 10.3 Å². The van der Waals surface area contributed by atoms with Crippen molar-refractivity contribution in [2.45, 2.75) is 48.4 Å². The molecule has 0 fully saturated rings. The highest BCUT2D eigenvalue weighted by Crippen LogP contribution is 2.39. The predicted molar refractivity (Wildman–Crippen MR) is 169 cm³/mol. The molecule has 0 aliphatic heterocycles. The van der Waals surface area contributed by atoms with Gasteiger partial charge in [-0.1, -0.05) is 61.8 Å². The maximum absolute atomic E-state index is 15.2. The summed E-state index contributed by atoms with van der Waals surface area (Å²) in [4.78, 5) is 16.7. The molecule has 1 heterocycles. The molecule has 0 saturated heterocycles. The first-order chi connectivity index (χ1) is 20.7. The van der Waals surface area contributed by atoms with Crippen molar-refractivity contribution in [1.82, 2.24) is 14.9 Å². The Kier molecular flexibility index (Phi) is 10.3. The number of imidazole rings is 1. The quantitative estimate of drug-likeness (QED) is 0.167. The van der Waals surface area contributed by atoms with Gasteiger partial charge in [0, 0.05) is 39.9 Å². The van der Waals surface area contributed by atoms with Crippen LogP contribution in [-0.2, 0) is 21.2 Å². The number of sulfonamides is 1. The first-order valence-corrected chi connectivity index (χ1v) is 16.6. The Bertz CT molecular complexity index is 1810. The standard InChI is InChI=1S/C30H30Cl2F2N4O4S2/c1-5-10-36-28(39)17-11-21(31)20(24(34)12-17)16-43-29-37-15-27(38(29)19-7-8-23(33)25(14-19)42-4)30(2,3)18-6-9-26(22(32)13-18)44(35,40)41/h6-9,11-15H,5,10,16H2,1-4H3,(H,36,39)(H2,35,40,41). The van der Waals surface area contributed by atoms with Gasteiger partial charge in [-0.05, 0) is 48.4 Å². The van der Waals surface area contributed by atoms with Gasteiger partial charge in [0.05, 0.1) is 29.7 Å². The first kappa shape index (κ1) is 33.7. The zero-order valence-electron chi connectivity index (χ0n) is 24.3. The third kappa shape index (κ3) is 7.05. The van der Waals surface area contributed by atoms with Crippen LogP contribution in [0, 0.1) is 11.6 Å². The Morgan fingerprint density at radius 1 is 1.09 bits per heavy atom. The number of aromatic nitrogens is 2. The van der Waals surface area contributed by atoms with Gasteiger partial charge in [0.1, 0.15) is 10.7 Å². The number of halogens is 4. The lowest BCUT2D eigenvalue weighted by molar-refractivity contribution is 0.0953. The molecular formula is C30H30Cl2F2N4O4S2. The monoisotopic (exact) mass is 682 g/mol. The van der Waals surface area contributed by atoms with Crippen molar-refractivity contribution in [3.63, 3.8) is 0 Å². The number of carbonyl (C=O) groups excluding carboxylic acids is 1. The van der Waals surface area contributed by atoms with Gasteiger partial charge in [0.25, 0.3) is 5.91 Å². The normalized spacial score (nSPS) is 11.9. The highest BCUT2D eigenvalue weighted by molar-refractivity contribution is 7.98. The van der Waals surface area contributed by atoms with Gasteiger partial charge >= 0.3 is 0 Å². The van der Waals surface area contributed by atoms with Crippen LogP contribution < -0.4 is 15.2 Å². The number of hydrogen-bond acceptors (Lipinski definition) is 6. The van der Waals surface area contributed by atoms with Crippen molar-refractivity contribution in [2.24, 2.45) is 5.14 Å². The van der Waals surface area contributed by atoms with Crippen LogP contribution in [0.4, 0.5) is 8.78 Å². The maximum Gasteiger partial charge on any atom is 0.251 e. The van der Waals surface area contributed by atoms with E-state index < -0.39 is 33.0 Å². The number of amides is 1. The molecule has 1 aromatic heterocycles. The van der Waals surface area contributed by atoms with Crippen molar-refractivity contribution in [3.8, 4) is 11.4 Å². The largest absolute Gasteiger partial charge is 0.494 e. The van der Waals surface area contributed by atoms with E-state index >= 15 is 4.39 Å². The molecule has 3 N–H and O–H groups in total. The van der Waals surface area contributed by atoms with Crippen LogP contribution in [0.5, 0.6) is 5.75 Å². The number of nitrogens with one attached hydrogen (secondary N) is 1. The second-order valence-electron chi connectivity index (χ2n) is 10.4. The van der Waals surface area contributed by atoms with Crippen LogP contribution in [0.1, 0.15) is 54.4 Å². The van der Waals surface area contributed by atoms with Gasteiger partial charge in [0.15, 0.2) is 16.7 Å². The Hall–Kier alpha value is -3.16. The first-order valence-electron chi connectivity index (χ1n) is 13.3. The average molecular weight is 684 g/mol. The number of ether oxygens (including phenoxy) is 1. The third-order valence-electron chi connectivity index (χ3n) is 7.01. The highest BCUT2D eigenvalue weighted by Gasteiger charge is 2.31. The van der Waals surface area contributed by atoms with Crippen molar-refractivity contribution >= 4 is 50.9 Å². The molecule has 8 nitrogen and oxygen atoms in total. The van der Waals surface area contributed by atoms with E-state index in [0.717, 1.165) is 12.5 Å². The number of nitrogens with two attached hydrogens (primary N) is 1. The van der Waals surface area contributed by atoms with Crippen molar-refractivity contribution in [2.75, 3.05) is 13.7 Å². The molecule has 0 spiro atoms. The number of carbonyl (C=O) groups is 1. The van der Waals surface area contributed by atoms with Crippen molar-refractivity contribution in [3.05, 3.63) is 98.8 Å². The Labute approximate surface area is 269 Å². The summed E-state index contributed by atoms with van der Waals surface area (Å²) >= 11 is 13.9. The van der Waals surface area contributed by atoms with E-state index in [1.54, 1.807) is 22.9 Å². The molecule has 0 unspecified atom stereocenters. The molecule has 0 atom stereocenters. The van der Waals surface area contributed by atoms with Gasteiger partial charge in [0.2, 0.25) is 10.0 Å². The molecular weight excluding hydrogens is 653 g/mol. The molecule has 44 heavy (non-hydrogen) atoms.